The van der Waals surface area contributed by atoms with E-state index in [-0.39, 0.29) is 5.84 Å². The van der Waals surface area contributed by atoms with Gasteiger partial charge in [-0.3, -0.25) is 29.8 Å². The fourth-order valence-electron chi connectivity index (χ4n) is 4.96. The van der Waals surface area contributed by atoms with Gasteiger partial charge < -0.3 is 30.3 Å². The SMILES string of the molecule is CC(=O)N1C2N([C@@H]3O[C@H](CO)C(O)C3O)C(C=Cc3ccccc3)=NC2(C(C)=O)C(=O)NC1(N)C(C)=O. The minimum absolute atomic E-state index is 0.0619. The van der Waals surface area contributed by atoms with E-state index in [4.69, 9.17) is 10.5 Å². The van der Waals surface area contributed by atoms with Crippen LogP contribution in [0.1, 0.15) is 26.3 Å². The van der Waals surface area contributed by atoms with Crippen molar-refractivity contribution in [1.82, 2.24) is 15.1 Å². The average molecular weight is 516 g/mol. The van der Waals surface area contributed by atoms with Crippen molar-refractivity contribution >= 4 is 35.3 Å². The average Bonchev–Trinajstić information content (AvgIpc) is 3.33. The number of hydrogen-bond donors (Lipinski definition) is 5. The zero-order chi connectivity index (χ0) is 27.3. The summed E-state index contributed by atoms with van der Waals surface area (Å²) >= 11 is 0. The van der Waals surface area contributed by atoms with Crippen molar-refractivity contribution in [2.75, 3.05) is 6.61 Å². The number of nitrogens with two attached hydrogens (primary N) is 1. The molecule has 7 atom stereocenters. The molecular formula is C24H29N5O8. The van der Waals surface area contributed by atoms with E-state index in [0.717, 1.165) is 31.2 Å². The molecule has 0 saturated carbocycles. The molecule has 3 heterocycles. The van der Waals surface area contributed by atoms with E-state index in [9.17, 15) is 34.5 Å². The summed E-state index contributed by atoms with van der Waals surface area (Å²) in [7, 11) is 0. The topological polar surface area (TPSA) is 195 Å². The maximum Gasteiger partial charge on any atom is 0.263 e. The Labute approximate surface area is 212 Å². The molecule has 13 heteroatoms. The Kier molecular flexibility index (Phi) is 6.77. The highest BCUT2D eigenvalue weighted by Crippen LogP contribution is 2.42. The molecule has 1 aromatic carbocycles. The molecule has 0 bridgehead atoms. The Morgan fingerprint density at radius 2 is 1.76 bits per heavy atom. The summed E-state index contributed by atoms with van der Waals surface area (Å²) in [6, 6.07) is 8.96. The summed E-state index contributed by atoms with van der Waals surface area (Å²) in [6.07, 6.45) is -4.48. The van der Waals surface area contributed by atoms with Crippen molar-refractivity contribution in [3.05, 3.63) is 42.0 Å². The number of fused-ring (bicyclic) bond motifs is 1. The molecule has 2 fully saturated rings. The largest absolute Gasteiger partial charge is 0.394 e. The van der Waals surface area contributed by atoms with E-state index in [1.807, 2.05) is 6.07 Å². The smallest absolute Gasteiger partial charge is 0.263 e. The lowest BCUT2D eigenvalue weighted by molar-refractivity contribution is -0.184. The van der Waals surface area contributed by atoms with Gasteiger partial charge in [-0.2, -0.15) is 0 Å². The highest BCUT2D eigenvalue weighted by atomic mass is 16.6. The van der Waals surface area contributed by atoms with Gasteiger partial charge in [0.2, 0.25) is 17.2 Å². The van der Waals surface area contributed by atoms with Crippen molar-refractivity contribution in [2.24, 2.45) is 10.7 Å². The lowest BCUT2D eigenvalue weighted by atomic mass is 9.85. The number of rotatable bonds is 6. The van der Waals surface area contributed by atoms with E-state index in [0.29, 0.717) is 0 Å². The first-order valence-electron chi connectivity index (χ1n) is 11.6. The summed E-state index contributed by atoms with van der Waals surface area (Å²) in [6.45, 7) is 2.62. The zero-order valence-corrected chi connectivity index (χ0v) is 20.4. The number of ketones is 2. The molecule has 0 aromatic heterocycles. The van der Waals surface area contributed by atoms with Gasteiger partial charge in [0, 0.05) is 13.8 Å². The van der Waals surface area contributed by atoms with Gasteiger partial charge in [0.25, 0.3) is 5.91 Å². The third-order valence-corrected chi connectivity index (χ3v) is 6.90. The number of carbonyl (C=O) groups excluding carboxylic acids is 4. The fraction of sp³-hybridized carbons (Fsp3) is 0.458. The maximum absolute atomic E-state index is 13.5. The van der Waals surface area contributed by atoms with E-state index in [1.54, 1.807) is 30.3 Å². The summed E-state index contributed by atoms with van der Waals surface area (Å²) in [5.74, 6) is -5.80. The van der Waals surface area contributed by atoms with Crippen molar-refractivity contribution in [1.29, 1.82) is 0 Å². The van der Waals surface area contributed by atoms with Crippen LogP contribution in [-0.2, 0) is 23.9 Å². The highest BCUT2D eigenvalue weighted by Gasteiger charge is 2.70. The minimum Gasteiger partial charge on any atom is -0.394 e. The van der Waals surface area contributed by atoms with Gasteiger partial charge >= 0.3 is 0 Å². The Bertz CT molecular complexity index is 1190. The number of nitrogens with one attached hydrogen (secondary N) is 1. The van der Waals surface area contributed by atoms with Gasteiger partial charge in [-0.1, -0.05) is 36.4 Å². The molecule has 3 aliphatic heterocycles. The lowest BCUT2D eigenvalue weighted by Crippen LogP contribution is -2.86. The van der Waals surface area contributed by atoms with E-state index < -0.39 is 72.0 Å². The number of benzene rings is 1. The molecular weight excluding hydrogens is 486 g/mol. The third-order valence-electron chi connectivity index (χ3n) is 6.90. The highest BCUT2D eigenvalue weighted by molar-refractivity contribution is 6.18. The molecule has 4 rings (SSSR count). The molecule has 3 aliphatic rings. The van der Waals surface area contributed by atoms with Crippen LogP contribution >= 0.6 is 0 Å². The van der Waals surface area contributed by atoms with Gasteiger partial charge in [0.15, 0.2) is 24.0 Å². The fourth-order valence-corrected chi connectivity index (χ4v) is 4.96. The maximum atomic E-state index is 13.5. The Balaban J connectivity index is 1.95. The van der Waals surface area contributed by atoms with Crippen molar-refractivity contribution in [2.45, 2.75) is 62.8 Å². The summed E-state index contributed by atoms with van der Waals surface area (Å²) in [5.41, 5.74) is 4.70. The van der Waals surface area contributed by atoms with Crippen molar-refractivity contribution in [3.8, 4) is 0 Å². The molecule has 0 aliphatic carbocycles. The van der Waals surface area contributed by atoms with Gasteiger partial charge in [0.1, 0.15) is 24.1 Å². The van der Waals surface area contributed by atoms with E-state index >= 15 is 0 Å². The first kappa shape index (κ1) is 26.6. The van der Waals surface area contributed by atoms with Crippen LogP contribution in [0.3, 0.4) is 0 Å². The van der Waals surface area contributed by atoms with Crippen LogP contribution in [0.2, 0.25) is 0 Å². The number of amides is 2. The number of Topliss-reactive ketones (excluding diaryl/α,β-unsaturated/α-hetero) is 2. The van der Waals surface area contributed by atoms with Crippen LogP contribution in [0.15, 0.2) is 41.4 Å². The number of hydrogen-bond acceptors (Lipinski definition) is 11. The Hall–Kier alpha value is -3.49. The van der Waals surface area contributed by atoms with Crippen molar-refractivity contribution < 1.29 is 39.2 Å². The van der Waals surface area contributed by atoms with Crippen LogP contribution in [0.25, 0.3) is 6.08 Å². The first-order chi connectivity index (χ1) is 17.4. The van der Waals surface area contributed by atoms with Gasteiger partial charge in [-0.25, -0.2) is 4.99 Å². The molecule has 1 aromatic rings. The number of nitrogens with zero attached hydrogens (tertiary/aromatic N) is 3. The molecule has 6 N–H and O–H groups in total. The van der Waals surface area contributed by atoms with Crippen molar-refractivity contribution in [3.63, 3.8) is 0 Å². The normalized spacial score (nSPS) is 35.4. The molecule has 37 heavy (non-hydrogen) atoms. The molecule has 0 spiro atoms. The third kappa shape index (κ3) is 3.95. The quantitative estimate of drug-likeness (QED) is 0.257. The molecule has 198 valence electrons. The number of ether oxygens (including phenoxy) is 1. The van der Waals surface area contributed by atoms with Crippen LogP contribution < -0.4 is 11.1 Å². The van der Waals surface area contributed by atoms with E-state index in [2.05, 4.69) is 10.3 Å². The molecule has 2 saturated heterocycles. The van der Waals surface area contributed by atoms with Gasteiger partial charge in [-0.05, 0) is 18.6 Å². The van der Waals surface area contributed by atoms with Crippen LogP contribution in [-0.4, -0.2) is 103 Å². The van der Waals surface area contributed by atoms with E-state index in [1.165, 1.54) is 11.0 Å². The monoisotopic (exact) mass is 515 g/mol. The second kappa shape index (κ2) is 9.43. The van der Waals surface area contributed by atoms with Crippen LogP contribution in [0.5, 0.6) is 0 Å². The van der Waals surface area contributed by atoms with Crippen LogP contribution in [0, 0.1) is 0 Å². The predicted molar refractivity (Wildman–Crippen MR) is 128 cm³/mol. The lowest BCUT2D eigenvalue weighted by Gasteiger charge is -2.53. The number of amidine groups is 1. The van der Waals surface area contributed by atoms with Crippen LogP contribution in [0.4, 0.5) is 0 Å². The standard InChI is InChI=1S/C24H29N5O8/c1-12(31)23-21(36)27-24(25,13(2)32)29(14(3)33)22(23)28(20-19(35)18(34)16(11-30)37-20)17(26-23)10-9-15-7-5-4-6-8-15/h4-10,16,18-20,22,30,34-35H,11,25H2,1-3H3,(H,27,36)/t16-,18?,19?,20-,22?,23?,24?/m1/s1. The van der Waals surface area contributed by atoms with Gasteiger partial charge in [0.05, 0.1) is 6.61 Å². The summed E-state index contributed by atoms with van der Waals surface area (Å²) in [5, 5.41) is 33.2. The predicted octanol–water partition coefficient (Wildman–Crippen LogP) is -2.31. The zero-order valence-electron chi connectivity index (χ0n) is 20.4. The molecule has 0 radical (unpaired) electrons. The molecule has 13 nitrogen and oxygen atoms in total. The minimum atomic E-state index is -2.35. The Morgan fingerprint density at radius 1 is 1.11 bits per heavy atom. The number of carbonyl (C=O) groups is 4. The Morgan fingerprint density at radius 3 is 2.27 bits per heavy atom. The number of aliphatic hydroxyl groups is 3. The summed E-state index contributed by atoms with van der Waals surface area (Å²) < 4.78 is 5.72. The number of aliphatic imine (C=N–C) groups is 1. The summed E-state index contributed by atoms with van der Waals surface area (Å²) in [4.78, 5) is 58.7. The second-order valence-corrected chi connectivity index (χ2v) is 9.21. The first-order valence-corrected chi connectivity index (χ1v) is 11.6. The molecule has 5 unspecified atom stereocenters. The second-order valence-electron chi connectivity index (χ2n) is 9.21. The van der Waals surface area contributed by atoms with Gasteiger partial charge in [-0.15, -0.1) is 0 Å². The molecule has 2 amide bonds. The number of aliphatic hydroxyl groups excluding tert-OH is 3.